The van der Waals surface area contributed by atoms with E-state index in [-0.39, 0.29) is 11.4 Å². The Labute approximate surface area is 150 Å². The van der Waals surface area contributed by atoms with Crippen molar-refractivity contribution < 1.29 is 32.2 Å². The fraction of sp³-hybridized carbons (Fsp3) is 0.235. The second kappa shape index (κ2) is 7.70. The fourth-order valence-electron chi connectivity index (χ4n) is 2.01. The molecule has 2 rings (SSSR count). The molecule has 0 aliphatic heterocycles. The van der Waals surface area contributed by atoms with Gasteiger partial charge in [-0.3, -0.25) is 4.79 Å². The van der Waals surface area contributed by atoms with Crippen molar-refractivity contribution in [2.75, 3.05) is 11.9 Å². The van der Waals surface area contributed by atoms with E-state index in [1.807, 2.05) is 0 Å². The van der Waals surface area contributed by atoms with E-state index in [4.69, 9.17) is 4.74 Å². The first-order chi connectivity index (χ1) is 12.5. The fourth-order valence-corrected chi connectivity index (χ4v) is 2.01. The summed E-state index contributed by atoms with van der Waals surface area (Å²) in [6, 6.07) is 7.17. The maximum atomic E-state index is 12.9. The molecule has 0 unspecified atom stereocenters. The first-order valence-electron chi connectivity index (χ1n) is 7.50. The summed E-state index contributed by atoms with van der Waals surface area (Å²) in [5, 5.41) is 14.6. The van der Waals surface area contributed by atoms with Crippen LogP contribution in [0, 0.1) is 10.7 Å². The predicted molar refractivity (Wildman–Crippen MR) is 88.0 cm³/mol. The van der Waals surface area contributed by atoms with Crippen molar-refractivity contribution in [3.05, 3.63) is 58.8 Å². The van der Waals surface area contributed by atoms with Crippen molar-refractivity contribution in [1.29, 1.82) is 0 Å². The van der Waals surface area contributed by atoms with Gasteiger partial charge in [-0.2, -0.15) is 13.2 Å². The number of rotatable bonds is 6. The van der Waals surface area contributed by atoms with E-state index in [0.29, 0.717) is 6.07 Å². The van der Waals surface area contributed by atoms with Crippen LogP contribution >= 0.6 is 0 Å². The van der Waals surface area contributed by atoms with E-state index in [1.54, 1.807) is 0 Å². The molecule has 0 heterocycles. The summed E-state index contributed by atoms with van der Waals surface area (Å²) in [5.74, 6) is -1.35. The van der Waals surface area contributed by atoms with E-state index < -0.39 is 41.4 Å². The van der Waals surface area contributed by atoms with Crippen LogP contribution in [0.2, 0.25) is 0 Å². The largest absolute Gasteiger partial charge is 0.490 e. The Morgan fingerprint density at radius 1 is 1.19 bits per heavy atom. The minimum Gasteiger partial charge on any atom is -0.490 e. The molecule has 1 atom stereocenters. The van der Waals surface area contributed by atoms with Gasteiger partial charge in [-0.1, -0.05) is 0 Å². The van der Waals surface area contributed by atoms with Crippen LogP contribution in [0.1, 0.15) is 12.5 Å². The number of nitrogens with one attached hydrogen (secondary N) is 1. The Hall–Kier alpha value is -3.01. The number of hydrogen-bond donors (Lipinski definition) is 2. The number of carbonyl (C=O) groups excluding carboxylic acids is 1. The number of nitroso groups, excluding NO2 is 1. The molecule has 2 aromatic rings. The topological polar surface area (TPSA) is 88.0 Å². The number of halogens is 4. The van der Waals surface area contributed by atoms with Gasteiger partial charge >= 0.3 is 6.18 Å². The number of hydrogen-bond acceptors (Lipinski definition) is 5. The highest BCUT2D eigenvalue weighted by molar-refractivity contribution is 5.97. The zero-order chi connectivity index (χ0) is 20.2. The Morgan fingerprint density at radius 2 is 1.81 bits per heavy atom. The van der Waals surface area contributed by atoms with Gasteiger partial charge in [0, 0.05) is 5.69 Å². The number of benzene rings is 2. The third-order valence-electron chi connectivity index (χ3n) is 3.48. The lowest BCUT2D eigenvalue weighted by Crippen LogP contribution is -2.45. The van der Waals surface area contributed by atoms with Crippen LogP contribution in [0.15, 0.2) is 47.6 Å². The molecule has 0 saturated heterocycles. The molecule has 1 amide bonds. The first-order valence-corrected chi connectivity index (χ1v) is 7.50. The van der Waals surface area contributed by atoms with Gasteiger partial charge in [-0.15, -0.1) is 4.91 Å². The highest BCUT2D eigenvalue weighted by Gasteiger charge is 2.36. The smallest absolute Gasteiger partial charge is 0.418 e. The summed E-state index contributed by atoms with van der Waals surface area (Å²) in [6.07, 6.45) is -4.85. The van der Waals surface area contributed by atoms with Crippen molar-refractivity contribution in [3.8, 4) is 5.75 Å². The van der Waals surface area contributed by atoms with Gasteiger partial charge < -0.3 is 15.2 Å². The van der Waals surface area contributed by atoms with Gasteiger partial charge in [0.1, 0.15) is 23.9 Å². The lowest BCUT2D eigenvalue weighted by molar-refractivity contribution is -0.137. The lowest BCUT2D eigenvalue weighted by Gasteiger charge is -2.23. The van der Waals surface area contributed by atoms with E-state index in [1.165, 1.54) is 12.1 Å². The predicted octanol–water partition coefficient (Wildman–Crippen LogP) is 4.01. The molecule has 2 aromatic carbocycles. The van der Waals surface area contributed by atoms with Gasteiger partial charge in [-0.25, -0.2) is 4.39 Å². The number of carbonyl (C=O) groups is 1. The molecule has 0 bridgehead atoms. The van der Waals surface area contributed by atoms with Crippen molar-refractivity contribution in [2.45, 2.75) is 18.7 Å². The van der Waals surface area contributed by atoms with E-state index in [2.05, 4.69) is 10.5 Å². The second-order valence-corrected chi connectivity index (χ2v) is 5.79. The minimum absolute atomic E-state index is 0.185. The summed E-state index contributed by atoms with van der Waals surface area (Å²) >= 11 is 0. The molecule has 0 spiro atoms. The zero-order valence-corrected chi connectivity index (χ0v) is 13.9. The molecule has 0 radical (unpaired) electrons. The normalized spacial score (nSPS) is 13.6. The third kappa shape index (κ3) is 5.23. The molecule has 6 nitrogen and oxygen atoms in total. The quantitative estimate of drug-likeness (QED) is 0.580. The number of nitrogens with zero attached hydrogens (tertiary/aromatic N) is 1. The van der Waals surface area contributed by atoms with Crippen molar-refractivity contribution in [1.82, 2.24) is 0 Å². The summed E-state index contributed by atoms with van der Waals surface area (Å²) < 4.78 is 56.8. The Kier molecular flexibility index (Phi) is 5.79. The zero-order valence-electron chi connectivity index (χ0n) is 13.9. The van der Waals surface area contributed by atoms with Gasteiger partial charge in [0.05, 0.1) is 5.56 Å². The highest BCUT2D eigenvalue weighted by Crippen LogP contribution is 2.38. The summed E-state index contributed by atoms with van der Waals surface area (Å²) in [6.45, 7) is 0.558. The van der Waals surface area contributed by atoms with E-state index in [0.717, 1.165) is 31.2 Å². The third-order valence-corrected chi connectivity index (χ3v) is 3.48. The lowest BCUT2D eigenvalue weighted by atomic mass is 10.1. The van der Waals surface area contributed by atoms with Crippen molar-refractivity contribution >= 4 is 17.3 Å². The molecular formula is C17H14F4N2O4. The Bertz CT molecular complexity index is 836. The molecule has 0 fully saturated rings. The Balaban J connectivity index is 2.10. The maximum Gasteiger partial charge on any atom is 0.418 e. The molecule has 10 heteroatoms. The molecule has 0 aromatic heterocycles. The summed E-state index contributed by atoms with van der Waals surface area (Å²) in [4.78, 5) is 22.6. The monoisotopic (exact) mass is 386 g/mol. The molecule has 27 heavy (non-hydrogen) atoms. The number of alkyl halides is 3. The highest BCUT2D eigenvalue weighted by atomic mass is 19.4. The van der Waals surface area contributed by atoms with E-state index in [9.17, 15) is 32.4 Å². The Morgan fingerprint density at radius 3 is 2.37 bits per heavy atom. The maximum absolute atomic E-state index is 12.9. The average molecular weight is 386 g/mol. The van der Waals surface area contributed by atoms with Crippen LogP contribution in [0.25, 0.3) is 0 Å². The molecule has 2 N–H and O–H groups in total. The minimum atomic E-state index is -4.85. The van der Waals surface area contributed by atoms with Gasteiger partial charge in [0.2, 0.25) is 0 Å². The standard InChI is InChI=1S/C17H14F4N2O4/c1-16(25,9-27-12-5-2-10(18)3-6-12)15(24)22-11-4-7-14(23-26)13(8-11)17(19,20)21/h2-8,25H,9H2,1H3,(H,22,24)/t16-/m0/s1. The van der Waals surface area contributed by atoms with Crippen LogP contribution in [0.5, 0.6) is 5.75 Å². The molecule has 144 valence electrons. The number of aliphatic hydroxyl groups is 1. The van der Waals surface area contributed by atoms with Crippen LogP contribution in [-0.4, -0.2) is 23.2 Å². The first kappa shape index (κ1) is 20.3. The molecule has 0 aliphatic carbocycles. The second-order valence-electron chi connectivity index (χ2n) is 5.79. The van der Waals surface area contributed by atoms with Crippen LogP contribution in [0.4, 0.5) is 28.9 Å². The van der Waals surface area contributed by atoms with Gasteiger partial charge in [0.15, 0.2) is 5.60 Å². The molecular weight excluding hydrogens is 372 g/mol. The number of amides is 1. The van der Waals surface area contributed by atoms with Crippen LogP contribution < -0.4 is 10.1 Å². The molecule has 0 saturated carbocycles. The van der Waals surface area contributed by atoms with Gasteiger partial charge in [-0.05, 0) is 54.6 Å². The van der Waals surface area contributed by atoms with Crippen molar-refractivity contribution in [3.63, 3.8) is 0 Å². The number of ether oxygens (including phenoxy) is 1. The summed E-state index contributed by atoms with van der Waals surface area (Å²) in [5.41, 5.74) is -4.54. The van der Waals surface area contributed by atoms with Gasteiger partial charge in [0.25, 0.3) is 5.91 Å². The summed E-state index contributed by atoms with van der Waals surface area (Å²) in [7, 11) is 0. The molecule has 0 aliphatic rings. The SMILES string of the molecule is C[C@](O)(COc1ccc(F)cc1)C(=O)Nc1ccc(N=O)c(C(F)(F)F)c1. The number of anilines is 1. The van der Waals surface area contributed by atoms with Crippen LogP contribution in [-0.2, 0) is 11.0 Å². The van der Waals surface area contributed by atoms with Crippen LogP contribution in [0.3, 0.4) is 0 Å². The van der Waals surface area contributed by atoms with E-state index >= 15 is 0 Å². The van der Waals surface area contributed by atoms with Crippen molar-refractivity contribution in [2.24, 2.45) is 5.18 Å². The average Bonchev–Trinajstić information content (AvgIpc) is 2.60.